The zero-order chi connectivity index (χ0) is 32.5. The summed E-state index contributed by atoms with van der Waals surface area (Å²) in [6.45, 7) is 0. The number of benzene rings is 4. The summed E-state index contributed by atoms with van der Waals surface area (Å²) in [5, 5.41) is 0.717. The lowest BCUT2D eigenvalue weighted by Crippen LogP contribution is -2.08. The highest BCUT2D eigenvalue weighted by molar-refractivity contribution is 5.97. The molecule has 234 valence electrons. The Morgan fingerprint density at radius 1 is 0.413 bits per heavy atom. The van der Waals surface area contributed by atoms with Gasteiger partial charge in [0.15, 0.2) is 23.0 Å². The fourth-order valence-corrected chi connectivity index (χ4v) is 5.49. The maximum atomic E-state index is 14.0. The van der Waals surface area contributed by atoms with E-state index in [1.165, 1.54) is 55.2 Å². The maximum Gasteiger partial charge on any atom is 0.200 e. The monoisotopic (exact) mass is 622 g/mol. The Balaban J connectivity index is 1.70. The van der Waals surface area contributed by atoms with E-state index < -0.39 is 0 Å². The molecular weight excluding hydrogens is 592 g/mol. The third kappa shape index (κ3) is 5.03. The molecule has 0 aliphatic carbocycles. The second-order valence-corrected chi connectivity index (χ2v) is 10.2. The summed E-state index contributed by atoms with van der Waals surface area (Å²) in [4.78, 5) is 28.0. The van der Waals surface area contributed by atoms with Crippen molar-refractivity contribution in [2.24, 2.45) is 0 Å². The first-order valence-electron chi connectivity index (χ1n) is 14.1. The minimum absolute atomic E-state index is 0.256. The van der Waals surface area contributed by atoms with Crippen molar-refractivity contribution in [3.05, 3.63) is 93.6 Å². The Labute approximate surface area is 263 Å². The fraction of sp³-hybridized carbons (Fsp3) is 0.167. The van der Waals surface area contributed by atoms with Crippen LogP contribution in [0.4, 0.5) is 0 Å². The maximum absolute atomic E-state index is 14.0. The van der Waals surface area contributed by atoms with Gasteiger partial charge in [-0.15, -0.1) is 0 Å². The van der Waals surface area contributed by atoms with Gasteiger partial charge in [-0.1, -0.05) is 0 Å². The van der Waals surface area contributed by atoms with Gasteiger partial charge in [-0.3, -0.25) is 9.59 Å². The van der Waals surface area contributed by atoms with Crippen LogP contribution in [0.2, 0.25) is 0 Å². The van der Waals surface area contributed by atoms with Crippen LogP contribution >= 0.6 is 0 Å². The Kier molecular flexibility index (Phi) is 8.02. The topological polar surface area (TPSA) is 116 Å². The van der Waals surface area contributed by atoms with Gasteiger partial charge >= 0.3 is 0 Å². The fourth-order valence-electron chi connectivity index (χ4n) is 5.49. The molecule has 0 fully saturated rings. The van der Waals surface area contributed by atoms with Gasteiger partial charge in [0, 0.05) is 23.3 Å². The SMILES string of the molecule is COc1ccc2c(=O)c(-c3cc(OC)c(OC)cc3-c3cc(OC)c(OC)cc3-c3coc4cc(OC)ccc4c3=O)coc2c1. The molecule has 4 aromatic carbocycles. The van der Waals surface area contributed by atoms with E-state index in [4.69, 9.17) is 37.3 Å². The summed E-state index contributed by atoms with van der Waals surface area (Å²) < 4.78 is 45.1. The standard InChI is InChI=1S/C36H30O10/c1-39-19-7-9-21-29(11-19)45-17-27(35(21)37)25-15-33(43-5)31(41-3)13-23(25)24-14-32(42-4)34(44-6)16-26(24)28-18-46-30-12-20(40-2)8-10-22(30)36(28)38/h7-18H,1-6H3. The first-order chi connectivity index (χ1) is 22.3. The van der Waals surface area contributed by atoms with E-state index in [1.54, 1.807) is 60.7 Å². The number of fused-ring (bicyclic) bond motifs is 2. The zero-order valence-corrected chi connectivity index (χ0v) is 26.0. The normalized spacial score (nSPS) is 11.0. The van der Waals surface area contributed by atoms with Crippen molar-refractivity contribution < 1.29 is 37.3 Å². The molecule has 0 bridgehead atoms. The molecule has 0 aliphatic rings. The van der Waals surface area contributed by atoms with E-state index in [-0.39, 0.29) is 22.0 Å². The molecule has 10 nitrogen and oxygen atoms in total. The van der Waals surface area contributed by atoms with Crippen LogP contribution in [0.5, 0.6) is 34.5 Å². The van der Waals surface area contributed by atoms with Gasteiger partial charge in [-0.25, -0.2) is 0 Å². The summed E-state index contributed by atoms with van der Waals surface area (Å²) in [7, 11) is 9.12. The molecule has 0 aliphatic heterocycles. The third-order valence-corrected chi connectivity index (χ3v) is 7.88. The van der Waals surface area contributed by atoms with Crippen molar-refractivity contribution in [2.45, 2.75) is 0 Å². The van der Waals surface area contributed by atoms with Crippen LogP contribution in [0.25, 0.3) is 55.3 Å². The average molecular weight is 623 g/mol. The highest BCUT2D eigenvalue weighted by atomic mass is 16.5. The van der Waals surface area contributed by atoms with Gasteiger partial charge in [0.25, 0.3) is 0 Å². The molecule has 0 saturated heterocycles. The Bertz CT molecular complexity index is 2070. The lowest BCUT2D eigenvalue weighted by molar-refractivity contribution is 0.354. The molecule has 0 N–H and O–H groups in total. The van der Waals surface area contributed by atoms with Crippen molar-refractivity contribution >= 4 is 21.9 Å². The van der Waals surface area contributed by atoms with E-state index in [9.17, 15) is 9.59 Å². The first-order valence-corrected chi connectivity index (χ1v) is 14.1. The van der Waals surface area contributed by atoms with Gasteiger partial charge < -0.3 is 37.3 Å². The summed E-state index contributed by atoms with van der Waals surface area (Å²) in [6, 6.07) is 16.9. The largest absolute Gasteiger partial charge is 0.497 e. The van der Waals surface area contributed by atoms with Gasteiger partial charge in [-0.05, 0) is 59.7 Å². The van der Waals surface area contributed by atoms with Crippen molar-refractivity contribution in [3.63, 3.8) is 0 Å². The highest BCUT2D eigenvalue weighted by Crippen LogP contribution is 2.46. The summed E-state index contributed by atoms with van der Waals surface area (Å²) in [6.07, 6.45) is 2.79. The Hall–Kier alpha value is -5.90. The number of ether oxygens (including phenoxy) is 6. The molecule has 2 aromatic heterocycles. The molecule has 0 radical (unpaired) electrons. The highest BCUT2D eigenvalue weighted by Gasteiger charge is 2.24. The minimum Gasteiger partial charge on any atom is -0.497 e. The minimum atomic E-state index is -0.279. The van der Waals surface area contributed by atoms with Gasteiger partial charge in [0.2, 0.25) is 10.9 Å². The number of rotatable bonds is 9. The van der Waals surface area contributed by atoms with Crippen molar-refractivity contribution in [1.82, 2.24) is 0 Å². The van der Waals surface area contributed by atoms with Crippen LogP contribution in [0, 0.1) is 0 Å². The van der Waals surface area contributed by atoms with Crippen LogP contribution in [0.15, 0.2) is 91.6 Å². The number of hydrogen-bond acceptors (Lipinski definition) is 10. The van der Waals surface area contributed by atoms with Crippen LogP contribution in [0.3, 0.4) is 0 Å². The van der Waals surface area contributed by atoms with Crippen LogP contribution in [-0.2, 0) is 0 Å². The first kappa shape index (κ1) is 30.1. The molecule has 2 heterocycles. The zero-order valence-electron chi connectivity index (χ0n) is 26.0. The summed E-state index contributed by atoms with van der Waals surface area (Å²) in [5.41, 5.74) is 2.68. The van der Waals surface area contributed by atoms with E-state index in [1.807, 2.05) is 0 Å². The van der Waals surface area contributed by atoms with E-state index in [0.717, 1.165) is 0 Å². The lowest BCUT2D eigenvalue weighted by Gasteiger charge is -2.19. The van der Waals surface area contributed by atoms with E-state index in [2.05, 4.69) is 0 Å². The van der Waals surface area contributed by atoms with Crippen molar-refractivity contribution in [3.8, 4) is 67.9 Å². The molecule has 6 rings (SSSR count). The van der Waals surface area contributed by atoms with Crippen molar-refractivity contribution in [2.75, 3.05) is 42.7 Å². The summed E-state index contributed by atoms with van der Waals surface area (Å²) in [5.74, 6) is 2.67. The second kappa shape index (κ2) is 12.2. The smallest absolute Gasteiger partial charge is 0.200 e. The number of methoxy groups -OCH3 is 6. The molecule has 46 heavy (non-hydrogen) atoms. The average Bonchev–Trinajstić information content (AvgIpc) is 3.10. The van der Waals surface area contributed by atoms with Crippen molar-refractivity contribution in [1.29, 1.82) is 0 Å². The molecule has 0 saturated carbocycles. The third-order valence-electron chi connectivity index (χ3n) is 7.88. The molecule has 6 aromatic rings. The van der Waals surface area contributed by atoms with Crippen LogP contribution in [-0.4, -0.2) is 42.7 Å². The predicted molar refractivity (Wildman–Crippen MR) is 174 cm³/mol. The lowest BCUT2D eigenvalue weighted by atomic mass is 9.88. The molecule has 0 spiro atoms. The molecule has 0 unspecified atom stereocenters. The second-order valence-electron chi connectivity index (χ2n) is 10.2. The van der Waals surface area contributed by atoms with E-state index >= 15 is 0 Å². The quantitative estimate of drug-likeness (QED) is 0.168. The van der Waals surface area contributed by atoms with Crippen LogP contribution in [0.1, 0.15) is 0 Å². The number of hydrogen-bond donors (Lipinski definition) is 0. The Morgan fingerprint density at radius 2 is 0.739 bits per heavy atom. The summed E-state index contributed by atoms with van der Waals surface area (Å²) >= 11 is 0. The van der Waals surface area contributed by atoms with Gasteiger partial charge in [-0.2, -0.15) is 0 Å². The van der Waals surface area contributed by atoms with E-state index in [0.29, 0.717) is 78.7 Å². The Morgan fingerprint density at radius 3 is 1.04 bits per heavy atom. The van der Waals surface area contributed by atoms with Gasteiger partial charge in [0.1, 0.15) is 35.2 Å². The van der Waals surface area contributed by atoms with Gasteiger partial charge in [0.05, 0.1) is 64.6 Å². The molecular formula is C36H30O10. The molecule has 0 amide bonds. The van der Waals surface area contributed by atoms with Crippen LogP contribution < -0.4 is 39.3 Å². The predicted octanol–water partition coefficient (Wildman–Crippen LogP) is 6.95. The molecule has 10 heteroatoms. The molecule has 0 atom stereocenters.